The fourth-order valence-corrected chi connectivity index (χ4v) is 3.35. The van der Waals surface area contributed by atoms with E-state index in [4.69, 9.17) is 9.73 Å². The summed E-state index contributed by atoms with van der Waals surface area (Å²) in [6.45, 7) is 12.6. The van der Waals surface area contributed by atoms with Crippen LogP contribution in [-0.2, 0) is 4.74 Å². The molecule has 2 rings (SSSR count). The molecule has 1 aliphatic heterocycles. The summed E-state index contributed by atoms with van der Waals surface area (Å²) in [6.07, 6.45) is 0. The minimum atomic E-state index is 0. The van der Waals surface area contributed by atoms with Crippen LogP contribution in [0.15, 0.2) is 35.3 Å². The van der Waals surface area contributed by atoms with Gasteiger partial charge in [0.05, 0.1) is 25.8 Å². The Morgan fingerprint density at radius 1 is 1.18 bits per heavy atom. The molecule has 1 saturated heterocycles. The Labute approximate surface area is 188 Å². The smallest absolute Gasteiger partial charge is 0.191 e. The first kappa shape index (κ1) is 25.1. The van der Waals surface area contributed by atoms with E-state index in [2.05, 4.69) is 85.6 Å². The molecule has 0 bridgehead atoms. The average Bonchev–Trinajstić information content (AvgIpc) is 2.67. The summed E-state index contributed by atoms with van der Waals surface area (Å²) in [5.41, 5.74) is 1.33. The number of nitrogens with one attached hydrogen (secondary N) is 2. The van der Waals surface area contributed by atoms with E-state index in [0.29, 0.717) is 6.04 Å². The van der Waals surface area contributed by atoms with Crippen molar-refractivity contribution in [1.29, 1.82) is 0 Å². The predicted octanol–water partition coefficient (Wildman–Crippen LogP) is 2.57. The Hall–Kier alpha value is -0.900. The van der Waals surface area contributed by atoms with Gasteiger partial charge in [-0.3, -0.25) is 9.89 Å². The van der Waals surface area contributed by atoms with Crippen molar-refractivity contribution in [2.24, 2.45) is 4.99 Å². The van der Waals surface area contributed by atoms with Crippen LogP contribution in [0.2, 0.25) is 0 Å². The van der Waals surface area contributed by atoms with Crippen LogP contribution in [-0.4, -0.2) is 81.3 Å². The van der Waals surface area contributed by atoms with Crippen LogP contribution in [0, 0.1) is 0 Å². The lowest BCUT2D eigenvalue weighted by molar-refractivity contribution is -0.00684. The summed E-state index contributed by atoms with van der Waals surface area (Å²) in [7, 11) is 4.23. The molecule has 0 aromatic heterocycles. The van der Waals surface area contributed by atoms with Crippen molar-refractivity contribution in [3.63, 3.8) is 0 Å². The number of ether oxygens (including phenoxy) is 1. The van der Waals surface area contributed by atoms with Crippen LogP contribution < -0.4 is 10.6 Å². The maximum Gasteiger partial charge on any atom is 0.191 e. The zero-order valence-electron chi connectivity index (χ0n) is 18.1. The zero-order valence-corrected chi connectivity index (χ0v) is 20.4. The van der Waals surface area contributed by atoms with Crippen molar-refractivity contribution in [3.8, 4) is 0 Å². The average molecular weight is 503 g/mol. The first-order chi connectivity index (χ1) is 12.9. The van der Waals surface area contributed by atoms with E-state index in [-0.39, 0.29) is 29.5 Å². The van der Waals surface area contributed by atoms with Gasteiger partial charge in [0.15, 0.2) is 5.96 Å². The summed E-state index contributed by atoms with van der Waals surface area (Å²) in [5.74, 6) is 0.876. The summed E-state index contributed by atoms with van der Waals surface area (Å²) >= 11 is 0. The normalized spacial score (nSPS) is 17.1. The third kappa shape index (κ3) is 7.85. The number of hydrogen-bond acceptors (Lipinski definition) is 4. The maximum absolute atomic E-state index is 5.48. The van der Waals surface area contributed by atoms with Gasteiger partial charge >= 0.3 is 0 Å². The minimum absolute atomic E-state index is 0. The van der Waals surface area contributed by atoms with E-state index >= 15 is 0 Å². The van der Waals surface area contributed by atoms with Crippen LogP contribution in [0.1, 0.15) is 32.4 Å². The minimum Gasteiger partial charge on any atom is -0.379 e. The second-order valence-corrected chi connectivity index (χ2v) is 7.88. The van der Waals surface area contributed by atoms with Gasteiger partial charge in [-0.2, -0.15) is 0 Å². The molecule has 28 heavy (non-hydrogen) atoms. The van der Waals surface area contributed by atoms with Gasteiger partial charge in [-0.1, -0.05) is 30.3 Å². The molecule has 1 aliphatic rings. The maximum atomic E-state index is 5.48. The third-order valence-electron chi connectivity index (χ3n) is 5.11. The summed E-state index contributed by atoms with van der Waals surface area (Å²) in [5, 5.41) is 6.91. The van der Waals surface area contributed by atoms with Gasteiger partial charge in [0.25, 0.3) is 0 Å². The molecule has 7 heteroatoms. The third-order valence-corrected chi connectivity index (χ3v) is 5.11. The Balaban J connectivity index is 0.00000392. The highest BCUT2D eigenvalue weighted by atomic mass is 127. The number of rotatable bonds is 8. The van der Waals surface area contributed by atoms with E-state index in [9.17, 15) is 0 Å². The van der Waals surface area contributed by atoms with Crippen LogP contribution in [0.3, 0.4) is 0 Å². The fourth-order valence-electron chi connectivity index (χ4n) is 3.35. The van der Waals surface area contributed by atoms with Gasteiger partial charge in [0.1, 0.15) is 0 Å². The second-order valence-electron chi connectivity index (χ2n) is 7.88. The summed E-state index contributed by atoms with van der Waals surface area (Å²) in [4.78, 5) is 9.59. The van der Waals surface area contributed by atoms with E-state index in [1.807, 2.05) is 0 Å². The molecule has 0 aliphatic carbocycles. The monoisotopic (exact) mass is 503 g/mol. The molecule has 1 aromatic rings. The highest BCUT2D eigenvalue weighted by molar-refractivity contribution is 14.0. The molecule has 1 unspecified atom stereocenters. The first-order valence-electron chi connectivity index (χ1n) is 10.0. The molecule has 1 fully saturated rings. The predicted molar refractivity (Wildman–Crippen MR) is 129 cm³/mol. The molecule has 1 aromatic carbocycles. The van der Waals surface area contributed by atoms with Crippen LogP contribution in [0.25, 0.3) is 0 Å². The lowest BCUT2D eigenvalue weighted by atomic mass is 10.0. The van der Waals surface area contributed by atoms with Gasteiger partial charge in [-0.15, -0.1) is 24.0 Å². The number of morpholine rings is 1. The lowest BCUT2D eigenvalue weighted by Crippen LogP contribution is -2.52. The van der Waals surface area contributed by atoms with Gasteiger partial charge in [0, 0.05) is 31.7 Å². The van der Waals surface area contributed by atoms with Crippen molar-refractivity contribution in [2.45, 2.75) is 32.4 Å². The van der Waals surface area contributed by atoms with E-state index in [1.54, 1.807) is 0 Å². The molecule has 2 N–H and O–H groups in total. The Morgan fingerprint density at radius 3 is 2.39 bits per heavy atom. The molecular formula is C21H38IN5O. The molecule has 0 saturated carbocycles. The second kappa shape index (κ2) is 12.6. The Morgan fingerprint density at radius 2 is 1.82 bits per heavy atom. The SMILES string of the molecule is CCNC(=NCC(C)(C)N1CCOCC1)NCC(c1ccccc1)N(C)C.I. The number of aliphatic imine (C=N–C) groups is 1. The number of guanidine groups is 1. The zero-order chi connectivity index (χ0) is 19.7. The molecule has 0 spiro atoms. The van der Waals surface area contributed by atoms with Crippen molar-refractivity contribution >= 4 is 29.9 Å². The van der Waals surface area contributed by atoms with E-state index in [1.165, 1.54) is 5.56 Å². The lowest BCUT2D eigenvalue weighted by Gasteiger charge is -2.40. The van der Waals surface area contributed by atoms with Crippen molar-refractivity contribution in [3.05, 3.63) is 35.9 Å². The number of hydrogen-bond donors (Lipinski definition) is 2. The Bertz CT molecular complexity index is 573. The van der Waals surface area contributed by atoms with Crippen LogP contribution in [0.4, 0.5) is 0 Å². The first-order valence-corrected chi connectivity index (χ1v) is 10.0. The number of likely N-dealkylation sites (N-methyl/N-ethyl adjacent to an activating group) is 1. The van der Waals surface area contributed by atoms with Crippen LogP contribution >= 0.6 is 24.0 Å². The number of benzene rings is 1. The molecule has 6 nitrogen and oxygen atoms in total. The fraction of sp³-hybridized carbons (Fsp3) is 0.667. The number of nitrogens with zero attached hydrogens (tertiary/aromatic N) is 3. The van der Waals surface area contributed by atoms with Gasteiger partial charge < -0.3 is 20.3 Å². The van der Waals surface area contributed by atoms with Crippen molar-refractivity contribution in [2.75, 3.05) is 60.0 Å². The topological polar surface area (TPSA) is 52.1 Å². The summed E-state index contributed by atoms with van der Waals surface area (Å²) < 4.78 is 5.48. The quantitative estimate of drug-likeness (QED) is 0.325. The molecule has 0 radical (unpaired) electrons. The Kier molecular flexibility index (Phi) is 11.3. The summed E-state index contributed by atoms with van der Waals surface area (Å²) in [6, 6.07) is 10.9. The van der Waals surface area contributed by atoms with Crippen molar-refractivity contribution < 1.29 is 4.74 Å². The van der Waals surface area contributed by atoms with Crippen LogP contribution in [0.5, 0.6) is 0 Å². The number of halogens is 1. The standard InChI is InChI=1S/C21H37N5O.HI/c1-6-22-20(24-17-21(2,3)26-12-14-27-15-13-26)23-16-19(25(4)5)18-10-8-7-9-11-18;/h7-11,19H,6,12-17H2,1-5H3,(H2,22,23,24);1H. The molecular weight excluding hydrogens is 465 g/mol. The van der Waals surface area contributed by atoms with Gasteiger partial charge in [-0.05, 0) is 40.4 Å². The molecule has 1 atom stereocenters. The highest BCUT2D eigenvalue weighted by Crippen LogP contribution is 2.18. The van der Waals surface area contributed by atoms with Crippen molar-refractivity contribution in [1.82, 2.24) is 20.4 Å². The van der Waals surface area contributed by atoms with Gasteiger partial charge in [0.2, 0.25) is 0 Å². The van der Waals surface area contributed by atoms with Gasteiger partial charge in [-0.25, -0.2) is 0 Å². The van der Waals surface area contributed by atoms with E-state index in [0.717, 1.165) is 51.9 Å². The molecule has 0 amide bonds. The van der Waals surface area contributed by atoms with E-state index < -0.39 is 0 Å². The highest BCUT2D eigenvalue weighted by Gasteiger charge is 2.28. The largest absolute Gasteiger partial charge is 0.379 e. The molecule has 1 heterocycles. The molecule has 160 valence electrons.